The van der Waals surface area contributed by atoms with E-state index in [9.17, 15) is 0 Å². The third-order valence-electron chi connectivity index (χ3n) is 4.48. The van der Waals surface area contributed by atoms with Crippen LogP contribution in [0.2, 0.25) is 0 Å². The standard InChI is InChI=1S/C14H25N5S/c1-3-12-16-13(20-17-12)19-8-6-18(7-9-19)11-14(2)4-5-15-10-14/h15H,3-11H2,1-2H3. The molecule has 0 saturated carbocycles. The second-order valence-corrected chi connectivity index (χ2v) is 7.08. The fraction of sp³-hybridized carbons (Fsp3) is 0.857. The fourth-order valence-corrected chi connectivity index (χ4v) is 3.96. The first kappa shape index (κ1) is 14.2. The molecule has 2 aliphatic heterocycles. The summed E-state index contributed by atoms with van der Waals surface area (Å²) in [5.74, 6) is 0.983. The number of nitrogens with zero attached hydrogens (tertiary/aromatic N) is 4. The summed E-state index contributed by atoms with van der Waals surface area (Å²) in [6.45, 7) is 12.6. The van der Waals surface area contributed by atoms with Gasteiger partial charge in [-0.3, -0.25) is 4.90 Å². The van der Waals surface area contributed by atoms with Gasteiger partial charge in [-0.05, 0) is 18.4 Å². The summed E-state index contributed by atoms with van der Waals surface area (Å²) in [6, 6.07) is 0. The molecule has 0 aromatic carbocycles. The summed E-state index contributed by atoms with van der Waals surface area (Å²) in [5, 5.41) is 4.60. The van der Waals surface area contributed by atoms with Crippen molar-refractivity contribution in [1.29, 1.82) is 0 Å². The topological polar surface area (TPSA) is 44.3 Å². The quantitative estimate of drug-likeness (QED) is 0.905. The van der Waals surface area contributed by atoms with Crippen molar-refractivity contribution >= 4 is 16.7 Å². The van der Waals surface area contributed by atoms with E-state index in [0.29, 0.717) is 5.41 Å². The highest BCUT2D eigenvalue weighted by Crippen LogP contribution is 2.27. The molecule has 1 N–H and O–H groups in total. The predicted molar refractivity (Wildman–Crippen MR) is 83.5 cm³/mol. The first-order chi connectivity index (χ1) is 9.68. The van der Waals surface area contributed by atoms with Crippen LogP contribution in [-0.4, -0.2) is 60.1 Å². The van der Waals surface area contributed by atoms with Gasteiger partial charge in [0.15, 0.2) is 0 Å². The summed E-state index contributed by atoms with van der Waals surface area (Å²) in [6.07, 6.45) is 2.24. The lowest BCUT2D eigenvalue weighted by Crippen LogP contribution is -2.49. The van der Waals surface area contributed by atoms with Gasteiger partial charge in [-0.15, -0.1) is 0 Å². The van der Waals surface area contributed by atoms with Gasteiger partial charge in [-0.25, -0.2) is 4.98 Å². The minimum Gasteiger partial charge on any atom is -0.344 e. The maximum Gasteiger partial charge on any atom is 0.205 e. The Balaban J connectivity index is 1.51. The Bertz CT molecular complexity index is 433. The highest BCUT2D eigenvalue weighted by atomic mass is 32.1. The highest BCUT2D eigenvalue weighted by molar-refractivity contribution is 7.09. The van der Waals surface area contributed by atoms with Crippen molar-refractivity contribution < 1.29 is 0 Å². The average molecular weight is 295 g/mol. The Labute approximate surface area is 125 Å². The number of anilines is 1. The van der Waals surface area contributed by atoms with E-state index in [1.54, 1.807) is 11.5 Å². The number of rotatable bonds is 4. The van der Waals surface area contributed by atoms with Crippen molar-refractivity contribution in [3.05, 3.63) is 5.82 Å². The van der Waals surface area contributed by atoms with Gasteiger partial charge in [0.25, 0.3) is 0 Å². The SMILES string of the molecule is CCc1nsc(N2CCN(CC3(C)CCNC3)CC2)n1. The Kier molecular flexibility index (Phi) is 4.23. The van der Waals surface area contributed by atoms with Gasteiger partial charge in [0.2, 0.25) is 5.13 Å². The van der Waals surface area contributed by atoms with E-state index in [2.05, 4.69) is 38.3 Å². The van der Waals surface area contributed by atoms with Crippen LogP contribution in [0, 0.1) is 5.41 Å². The zero-order valence-electron chi connectivity index (χ0n) is 12.6. The number of nitrogens with one attached hydrogen (secondary N) is 1. The van der Waals surface area contributed by atoms with Crippen LogP contribution in [0.15, 0.2) is 0 Å². The van der Waals surface area contributed by atoms with Gasteiger partial charge in [0.05, 0.1) is 0 Å². The van der Waals surface area contributed by atoms with E-state index < -0.39 is 0 Å². The third kappa shape index (κ3) is 3.13. The highest BCUT2D eigenvalue weighted by Gasteiger charge is 2.32. The number of piperazine rings is 1. The molecule has 5 nitrogen and oxygen atoms in total. The number of hydrogen-bond acceptors (Lipinski definition) is 6. The molecule has 6 heteroatoms. The first-order valence-corrected chi connectivity index (χ1v) is 8.46. The molecule has 1 atom stereocenters. The van der Waals surface area contributed by atoms with E-state index in [1.165, 1.54) is 26.1 Å². The second-order valence-electron chi connectivity index (χ2n) is 6.35. The van der Waals surface area contributed by atoms with Crippen molar-refractivity contribution in [3.8, 4) is 0 Å². The zero-order valence-corrected chi connectivity index (χ0v) is 13.4. The number of aromatic nitrogens is 2. The molecule has 3 rings (SSSR count). The molecule has 1 aromatic rings. The molecule has 0 radical (unpaired) electrons. The van der Waals surface area contributed by atoms with E-state index in [1.807, 2.05) is 0 Å². The van der Waals surface area contributed by atoms with Crippen molar-refractivity contribution in [2.45, 2.75) is 26.7 Å². The minimum absolute atomic E-state index is 0.473. The molecule has 2 fully saturated rings. The smallest absolute Gasteiger partial charge is 0.205 e. The molecule has 20 heavy (non-hydrogen) atoms. The summed E-state index contributed by atoms with van der Waals surface area (Å²) in [5.41, 5.74) is 0.473. The molecular weight excluding hydrogens is 270 g/mol. The lowest BCUT2D eigenvalue weighted by molar-refractivity contribution is 0.169. The van der Waals surface area contributed by atoms with Crippen LogP contribution in [-0.2, 0) is 6.42 Å². The van der Waals surface area contributed by atoms with Crippen molar-refractivity contribution in [2.24, 2.45) is 5.41 Å². The van der Waals surface area contributed by atoms with E-state index in [-0.39, 0.29) is 0 Å². The second kappa shape index (κ2) is 5.95. The van der Waals surface area contributed by atoms with Crippen LogP contribution in [0.4, 0.5) is 5.13 Å². The van der Waals surface area contributed by atoms with Crippen molar-refractivity contribution in [3.63, 3.8) is 0 Å². The van der Waals surface area contributed by atoms with E-state index >= 15 is 0 Å². The normalized spacial score (nSPS) is 28.2. The molecule has 112 valence electrons. The van der Waals surface area contributed by atoms with Gasteiger partial charge in [-0.2, -0.15) is 4.37 Å². The molecule has 2 aliphatic rings. The van der Waals surface area contributed by atoms with Gasteiger partial charge in [0.1, 0.15) is 5.82 Å². The third-order valence-corrected chi connectivity index (χ3v) is 5.29. The Morgan fingerprint density at radius 3 is 2.70 bits per heavy atom. The molecular formula is C14H25N5S. The lowest BCUT2D eigenvalue weighted by Gasteiger charge is -2.38. The van der Waals surface area contributed by atoms with Crippen LogP contribution in [0.25, 0.3) is 0 Å². The van der Waals surface area contributed by atoms with Gasteiger partial charge in [0, 0.05) is 57.2 Å². The number of hydrogen-bond donors (Lipinski definition) is 1. The minimum atomic E-state index is 0.473. The predicted octanol–water partition coefficient (Wildman–Crippen LogP) is 1.22. The molecule has 0 bridgehead atoms. The van der Waals surface area contributed by atoms with Gasteiger partial charge >= 0.3 is 0 Å². The Morgan fingerprint density at radius 2 is 2.10 bits per heavy atom. The van der Waals surface area contributed by atoms with Gasteiger partial charge in [-0.1, -0.05) is 13.8 Å². The summed E-state index contributed by atoms with van der Waals surface area (Å²) in [4.78, 5) is 9.61. The lowest BCUT2D eigenvalue weighted by atomic mass is 9.89. The van der Waals surface area contributed by atoms with Crippen LogP contribution in [0.1, 0.15) is 26.1 Å². The summed E-state index contributed by atoms with van der Waals surface area (Å²) < 4.78 is 4.39. The number of aryl methyl sites for hydroxylation is 1. The fourth-order valence-electron chi connectivity index (χ4n) is 3.16. The van der Waals surface area contributed by atoms with Crippen molar-refractivity contribution in [1.82, 2.24) is 19.6 Å². The Morgan fingerprint density at radius 1 is 1.30 bits per heavy atom. The molecule has 2 saturated heterocycles. The first-order valence-electron chi connectivity index (χ1n) is 7.69. The maximum atomic E-state index is 4.60. The molecule has 0 amide bonds. The maximum absolute atomic E-state index is 4.60. The van der Waals surface area contributed by atoms with Crippen LogP contribution >= 0.6 is 11.5 Å². The molecule has 3 heterocycles. The van der Waals surface area contributed by atoms with Crippen LogP contribution < -0.4 is 10.2 Å². The van der Waals surface area contributed by atoms with Crippen molar-refractivity contribution in [2.75, 3.05) is 50.7 Å². The molecule has 1 aromatic heterocycles. The summed E-state index contributed by atoms with van der Waals surface area (Å²) in [7, 11) is 0. The van der Waals surface area contributed by atoms with Crippen LogP contribution in [0.5, 0.6) is 0 Å². The molecule has 0 spiro atoms. The largest absolute Gasteiger partial charge is 0.344 e. The zero-order chi connectivity index (χ0) is 14.0. The molecule has 1 unspecified atom stereocenters. The average Bonchev–Trinajstić information content (AvgIpc) is 3.09. The molecule has 0 aliphatic carbocycles. The van der Waals surface area contributed by atoms with E-state index in [0.717, 1.165) is 43.6 Å². The van der Waals surface area contributed by atoms with Gasteiger partial charge < -0.3 is 10.2 Å². The monoisotopic (exact) mass is 295 g/mol. The van der Waals surface area contributed by atoms with Crippen LogP contribution in [0.3, 0.4) is 0 Å². The summed E-state index contributed by atoms with van der Waals surface area (Å²) >= 11 is 1.55. The van der Waals surface area contributed by atoms with E-state index in [4.69, 9.17) is 0 Å². The Hall–Kier alpha value is -0.720.